The number of carbonyl (C=O) groups is 1. The number of hydrogen-bond acceptors (Lipinski definition) is 6. The Balaban J connectivity index is 1.67. The second-order valence-corrected chi connectivity index (χ2v) is 6.94. The van der Waals surface area contributed by atoms with Gasteiger partial charge in [0.1, 0.15) is 11.6 Å². The molecule has 1 aromatic carbocycles. The van der Waals surface area contributed by atoms with Gasteiger partial charge in [-0.05, 0) is 43.6 Å². The number of nitrogens with zero attached hydrogens (tertiary/aromatic N) is 6. The van der Waals surface area contributed by atoms with Gasteiger partial charge in [0.05, 0.1) is 11.6 Å². The quantitative estimate of drug-likeness (QED) is 0.637. The van der Waals surface area contributed by atoms with E-state index in [1.165, 1.54) is 29.7 Å². The monoisotopic (exact) mass is 382 g/mol. The van der Waals surface area contributed by atoms with E-state index < -0.39 is 5.82 Å². The van der Waals surface area contributed by atoms with E-state index in [4.69, 9.17) is 6.42 Å². The summed E-state index contributed by atoms with van der Waals surface area (Å²) in [6, 6.07) is 3.55. The molecule has 0 saturated heterocycles. The highest BCUT2D eigenvalue weighted by atomic mass is 32.1. The Labute approximate surface area is 159 Å². The van der Waals surface area contributed by atoms with Gasteiger partial charge in [0.15, 0.2) is 16.7 Å². The second kappa shape index (κ2) is 6.55. The molecule has 3 aromatic rings. The van der Waals surface area contributed by atoms with Crippen LogP contribution in [0.5, 0.6) is 0 Å². The summed E-state index contributed by atoms with van der Waals surface area (Å²) < 4.78 is 19.6. The first-order chi connectivity index (χ1) is 13.0. The Kier molecular flexibility index (Phi) is 4.20. The SMILES string of the molecule is C#Cc1cc(F)ccc1C(=O)N1CCn2c(-c3nc(C)ns3)nnc2[C@H]1C. The maximum Gasteiger partial charge on any atom is 0.255 e. The van der Waals surface area contributed by atoms with Gasteiger partial charge < -0.3 is 9.47 Å². The van der Waals surface area contributed by atoms with Crippen LogP contribution in [0.15, 0.2) is 18.2 Å². The summed E-state index contributed by atoms with van der Waals surface area (Å²) in [6.45, 7) is 4.68. The zero-order valence-electron chi connectivity index (χ0n) is 14.7. The molecule has 1 aliphatic rings. The van der Waals surface area contributed by atoms with Crippen LogP contribution in [0.1, 0.15) is 40.5 Å². The number of amides is 1. The molecule has 0 spiro atoms. The fourth-order valence-corrected chi connectivity index (χ4v) is 3.85. The largest absolute Gasteiger partial charge is 0.327 e. The molecule has 9 heteroatoms. The van der Waals surface area contributed by atoms with Crippen LogP contribution in [-0.4, -0.2) is 41.5 Å². The van der Waals surface area contributed by atoms with Crippen molar-refractivity contribution in [2.24, 2.45) is 0 Å². The molecule has 0 aliphatic carbocycles. The fraction of sp³-hybridized carbons (Fsp3) is 0.278. The van der Waals surface area contributed by atoms with Gasteiger partial charge in [0.2, 0.25) is 0 Å². The first kappa shape index (κ1) is 17.3. The average Bonchev–Trinajstić information content (AvgIpc) is 3.27. The summed E-state index contributed by atoms with van der Waals surface area (Å²) in [7, 11) is 0. The highest BCUT2D eigenvalue weighted by Gasteiger charge is 2.33. The number of carbonyl (C=O) groups excluding carboxylic acids is 1. The predicted octanol–water partition coefficient (Wildman–Crippen LogP) is 2.44. The zero-order valence-corrected chi connectivity index (χ0v) is 15.5. The second-order valence-electron chi connectivity index (χ2n) is 6.19. The molecule has 3 heterocycles. The van der Waals surface area contributed by atoms with Crippen molar-refractivity contribution in [3.63, 3.8) is 0 Å². The highest BCUT2D eigenvalue weighted by molar-refractivity contribution is 7.09. The van der Waals surface area contributed by atoms with Crippen LogP contribution in [-0.2, 0) is 6.54 Å². The smallest absolute Gasteiger partial charge is 0.255 e. The van der Waals surface area contributed by atoms with Crippen LogP contribution in [0, 0.1) is 25.1 Å². The molecule has 0 fully saturated rings. The molecule has 2 aromatic heterocycles. The topological polar surface area (TPSA) is 76.8 Å². The molecule has 136 valence electrons. The molecule has 7 nitrogen and oxygen atoms in total. The number of hydrogen-bond donors (Lipinski definition) is 0. The number of benzene rings is 1. The standard InChI is InChI=1S/C18H15FN6OS/c1-4-12-9-13(19)5-6-14(12)18(26)24-7-8-25-15(10(24)2)21-22-16(25)17-20-11(3)23-27-17/h1,5-6,9-10H,7-8H2,2-3H3/t10-/m1/s1. The van der Waals surface area contributed by atoms with Gasteiger partial charge in [-0.25, -0.2) is 9.37 Å². The fourth-order valence-electron chi connectivity index (χ4n) is 3.19. The average molecular weight is 382 g/mol. The Bertz CT molecular complexity index is 1080. The molecule has 0 unspecified atom stereocenters. The summed E-state index contributed by atoms with van der Waals surface area (Å²) in [5.74, 6) is 3.67. The Hall–Kier alpha value is -3.12. The van der Waals surface area contributed by atoms with Crippen molar-refractivity contribution in [1.29, 1.82) is 0 Å². The third-order valence-corrected chi connectivity index (χ3v) is 5.33. The van der Waals surface area contributed by atoms with E-state index in [0.29, 0.717) is 41.1 Å². The lowest BCUT2D eigenvalue weighted by molar-refractivity contribution is 0.0638. The predicted molar refractivity (Wildman–Crippen MR) is 97.4 cm³/mol. The van der Waals surface area contributed by atoms with Gasteiger partial charge in [-0.2, -0.15) is 4.37 Å². The van der Waals surface area contributed by atoms with Crippen molar-refractivity contribution in [2.45, 2.75) is 26.4 Å². The van der Waals surface area contributed by atoms with Crippen molar-refractivity contribution in [3.05, 3.63) is 46.8 Å². The van der Waals surface area contributed by atoms with E-state index in [1.807, 2.05) is 18.4 Å². The van der Waals surface area contributed by atoms with Crippen LogP contribution < -0.4 is 0 Å². The molecule has 0 N–H and O–H groups in total. The summed E-state index contributed by atoms with van der Waals surface area (Å²) in [4.78, 5) is 19.1. The molecule has 4 rings (SSSR count). The Morgan fingerprint density at radius 1 is 1.37 bits per heavy atom. The van der Waals surface area contributed by atoms with E-state index in [1.54, 1.807) is 4.90 Å². The van der Waals surface area contributed by atoms with E-state index in [-0.39, 0.29) is 17.5 Å². The molecule has 1 aliphatic heterocycles. The minimum absolute atomic E-state index is 0.240. The lowest BCUT2D eigenvalue weighted by Crippen LogP contribution is -2.41. The summed E-state index contributed by atoms with van der Waals surface area (Å²) in [6.07, 6.45) is 5.44. The van der Waals surface area contributed by atoms with Gasteiger partial charge in [0.25, 0.3) is 5.91 Å². The maximum atomic E-state index is 13.4. The molecular formula is C18H15FN6OS. The highest BCUT2D eigenvalue weighted by Crippen LogP contribution is 2.30. The van der Waals surface area contributed by atoms with Crippen LogP contribution >= 0.6 is 11.5 Å². The number of rotatable bonds is 2. The molecule has 1 amide bonds. The van der Waals surface area contributed by atoms with E-state index >= 15 is 0 Å². The van der Waals surface area contributed by atoms with Crippen LogP contribution in [0.3, 0.4) is 0 Å². The van der Waals surface area contributed by atoms with Crippen molar-refractivity contribution in [1.82, 2.24) is 29.0 Å². The lowest BCUT2D eigenvalue weighted by atomic mass is 10.0. The molecule has 1 atom stereocenters. The molecule has 0 saturated carbocycles. The third-order valence-electron chi connectivity index (χ3n) is 4.53. The van der Waals surface area contributed by atoms with Crippen LogP contribution in [0.25, 0.3) is 10.8 Å². The summed E-state index contributed by atoms with van der Waals surface area (Å²) >= 11 is 1.27. The molecule has 27 heavy (non-hydrogen) atoms. The van der Waals surface area contributed by atoms with Gasteiger partial charge in [-0.1, -0.05) is 5.92 Å². The number of aryl methyl sites for hydroxylation is 1. The summed E-state index contributed by atoms with van der Waals surface area (Å²) in [5, 5.41) is 9.21. The van der Waals surface area contributed by atoms with Gasteiger partial charge in [-0.15, -0.1) is 16.6 Å². The normalized spacial score (nSPS) is 16.1. The van der Waals surface area contributed by atoms with Crippen LogP contribution in [0.2, 0.25) is 0 Å². The Morgan fingerprint density at radius 3 is 2.89 bits per heavy atom. The number of aromatic nitrogens is 5. The molecule has 0 bridgehead atoms. The van der Waals surface area contributed by atoms with Crippen molar-refractivity contribution >= 4 is 17.4 Å². The lowest BCUT2D eigenvalue weighted by Gasteiger charge is -2.33. The number of terminal acetylenes is 1. The zero-order chi connectivity index (χ0) is 19.1. The maximum absolute atomic E-state index is 13.4. The van der Waals surface area contributed by atoms with Gasteiger partial charge >= 0.3 is 0 Å². The third kappa shape index (κ3) is 2.88. The van der Waals surface area contributed by atoms with Crippen molar-refractivity contribution in [2.75, 3.05) is 6.54 Å². The molecule has 0 radical (unpaired) electrons. The minimum Gasteiger partial charge on any atom is -0.327 e. The van der Waals surface area contributed by atoms with E-state index in [2.05, 4.69) is 25.5 Å². The number of halogens is 1. The van der Waals surface area contributed by atoms with Gasteiger partial charge in [-0.3, -0.25) is 4.79 Å². The van der Waals surface area contributed by atoms with Crippen molar-refractivity contribution < 1.29 is 9.18 Å². The summed E-state index contributed by atoms with van der Waals surface area (Å²) in [5.41, 5.74) is 0.544. The van der Waals surface area contributed by atoms with Crippen molar-refractivity contribution in [3.8, 4) is 23.2 Å². The first-order valence-corrected chi connectivity index (χ1v) is 9.08. The van der Waals surface area contributed by atoms with Crippen LogP contribution in [0.4, 0.5) is 4.39 Å². The minimum atomic E-state index is -0.470. The number of fused-ring (bicyclic) bond motifs is 1. The molecular weight excluding hydrogens is 367 g/mol. The first-order valence-electron chi connectivity index (χ1n) is 8.30. The van der Waals surface area contributed by atoms with E-state index in [9.17, 15) is 9.18 Å². The Morgan fingerprint density at radius 2 is 2.19 bits per heavy atom. The van der Waals surface area contributed by atoms with Gasteiger partial charge in [0, 0.05) is 18.7 Å². The van der Waals surface area contributed by atoms with E-state index in [0.717, 1.165) is 0 Å².